The maximum absolute atomic E-state index is 11.1. The summed E-state index contributed by atoms with van der Waals surface area (Å²) in [7, 11) is 0. The number of hydrogen-bond donors (Lipinski definition) is 26. The van der Waals surface area contributed by atoms with Gasteiger partial charge in [0, 0.05) is 0 Å². The number of ether oxygens (including phenoxy) is 14. The van der Waals surface area contributed by atoms with Gasteiger partial charge in [-0.05, 0) is 0 Å². The molecule has 7 heterocycles. The van der Waals surface area contributed by atoms with Crippen LogP contribution in [0.5, 0.6) is 0 Å². The molecule has 0 radical (unpaired) electrons. The Bertz CT molecular complexity index is 2120. The molecular weight excluding hydrogens is 1230 g/mol. The van der Waals surface area contributed by atoms with E-state index in [-0.39, 0.29) is 6.29 Å². The second kappa shape index (κ2) is 32.7. The highest BCUT2D eigenvalue weighted by Gasteiger charge is 2.54. The van der Waals surface area contributed by atoms with Crippen LogP contribution in [0, 0.1) is 0 Å². The Kier molecular flexibility index (Phi) is 27.3. The summed E-state index contributed by atoms with van der Waals surface area (Å²) in [5.41, 5.74) is 0. The van der Waals surface area contributed by atoms with Gasteiger partial charge in [0.25, 0.3) is 0 Å². The number of carbonyl (C=O) groups excluding carboxylic acids is 1. The molecular formula is C48H82O41. The summed E-state index contributed by atoms with van der Waals surface area (Å²) in [6, 6.07) is 0. The molecule has 7 aliphatic heterocycles. The van der Waals surface area contributed by atoms with Gasteiger partial charge >= 0.3 is 0 Å². The van der Waals surface area contributed by atoms with Crippen LogP contribution in [0.25, 0.3) is 0 Å². The molecule has 0 spiro atoms. The number of aldehydes is 1. The molecule has 0 aliphatic carbocycles. The zero-order valence-electron chi connectivity index (χ0n) is 46.5. The topological polar surface area (TPSA) is 672 Å². The minimum atomic E-state index is -2.23. The van der Waals surface area contributed by atoms with Gasteiger partial charge in [0.2, 0.25) is 0 Å². The monoisotopic (exact) mass is 1310 g/mol. The SMILES string of the molecule is O=C[C@H](O)[C@@H](O)[C@H](O[C@H]1O[C@H](CO[C@H]2O[C@H](CO[C@H]3O[C@H](CO[C@H]4O[C@H](CO[C@H]5O[C@H](CO[C@H]6O[C@H](CO[C@H]7O[C@H](CO)[C@@H](O)[C@H](O)[C@H]7O)[C@@H](O)[C@H](O)[C@H]6O)[C@@H](O)[C@H](O)[C@H]5O)[C@@H](O)[C@H](O)[C@H]4O)[C@@H](O)[C@H](O)[C@H]3O)[C@@H](O)[C@H](O)[C@H]2O)[C@@H](O)[C@H](O)[C@H]1O)[C@H](O)CO. The Morgan fingerprint density at radius 3 is 0.708 bits per heavy atom. The van der Waals surface area contributed by atoms with Gasteiger partial charge in [0.1, 0.15) is 195 Å². The zero-order chi connectivity index (χ0) is 65.8. The second-order valence-electron chi connectivity index (χ2n) is 22.3. The van der Waals surface area contributed by atoms with Gasteiger partial charge in [0.15, 0.2) is 50.3 Å². The lowest BCUT2D eigenvalue weighted by Gasteiger charge is -2.45. The van der Waals surface area contributed by atoms with E-state index in [0.29, 0.717) is 0 Å². The first-order valence-corrected chi connectivity index (χ1v) is 27.9. The molecule has 0 aromatic heterocycles. The number of carbonyl (C=O) groups is 1. The van der Waals surface area contributed by atoms with Gasteiger partial charge in [-0.25, -0.2) is 0 Å². The summed E-state index contributed by atoms with van der Waals surface area (Å²) in [4.78, 5) is 11.1. The number of aliphatic hydroxyl groups is 26. The van der Waals surface area contributed by atoms with Crippen LogP contribution in [0.4, 0.5) is 0 Å². The summed E-state index contributed by atoms with van der Waals surface area (Å²) in [6.07, 6.45) is -75.9. The number of hydrogen-bond acceptors (Lipinski definition) is 41. The Morgan fingerprint density at radius 1 is 0.292 bits per heavy atom. The standard InChI is InChI=1S/C48H82O41/c49-1-10(52)19(54)41(11(53)2-50)89-48-40(75)33(68)26(61)18(88-48)9-81-47-39(74)32(67)25(60)17(87-47)8-80-46-38(73)31(66)24(59)16(86-46)7-79-45-37(72)30(65)23(58)15(85-45)6-78-44-36(71)29(64)22(57)14(84-44)5-77-43-35(70)28(63)21(56)13(83-43)4-76-42-34(69)27(62)20(55)12(3-51)82-42/h1,10-48,50-75H,2-9H2/t10-,11+,12+,13+,14+,15+,16+,17+,18+,19+,20+,21+,22+,23+,24+,25+,26+,27-,28-,29-,30-,31-,32-,33-,34+,35+,36+,37+,38+,39+,40+,41+,42-,43-,44-,45-,46-,47-,48+/m0/s1. The molecule has 0 unspecified atom stereocenters. The van der Waals surface area contributed by atoms with Crippen LogP contribution in [-0.2, 0) is 71.1 Å². The minimum Gasteiger partial charge on any atom is -0.394 e. The van der Waals surface area contributed by atoms with Crippen molar-refractivity contribution in [1.82, 2.24) is 0 Å². The summed E-state index contributed by atoms with van der Waals surface area (Å²) >= 11 is 0. The molecule has 7 rings (SSSR count). The first-order valence-electron chi connectivity index (χ1n) is 27.9. The summed E-state index contributed by atoms with van der Waals surface area (Å²) in [5, 5.41) is 273. The third-order valence-electron chi connectivity index (χ3n) is 16.1. The summed E-state index contributed by atoms with van der Waals surface area (Å²) < 4.78 is 77.0. The molecule has 520 valence electrons. The fourth-order valence-corrected chi connectivity index (χ4v) is 10.4. The minimum absolute atomic E-state index is 0.140. The fourth-order valence-electron chi connectivity index (χ4n) is 10.4. The third-order valence-corrected chi connectivity index (χ3v) is 16.1. The Morgan fingerprint density at radius 2 is 0.494 bits per heavy atom. The van der Waals surface area contributed by atoms with Crippen LogP contribution in [0.1, 0.15) is 0 Å². The summed E-state index contributed by atoms with van der Waals surface area (Å²) in [6.45, 7) is -7.03. The lowest BCUT2D eigenvalue weighted by molar-refractivity contribution is -0.355. The first-order chi connectivity index (χ1) is 42.0. The molecule has 7 saturated heterocycles. The van der Waals surface area contributed by atoms with Crippen molar-refractivity contribution < 1.29 is 204 Å². The van der Waals surface area contributed by atoms with E-state index in [9.17, 15) is 138 Å². The van der Waals surface area contributed by atoms with E-state index in [1.165, 1.54) is 0 Å². The predicted molar refractivity (Wildman–Crippen MR) is 266 cm³/mol. The van der Waals surface area contributed by atoms with Gasteiger partial charge in [-0.3, -0.25) is 0 Å². The second-order valence-corrected chi connectivity index (χ2v) is 22.3. The van der Waals surface area contributed by atoms with E-state index >= 15 is 0 Å². The molecule has 0 saturated carbocycles. The highest BCUT2D eigenvalue weighted by Crippen LogP contribution is 2.33. The lowest BCUT2D eigenvalue weighted by Crippen LogP contribution is -2.64. The van der Waals surface area contributed by atoms with Gasteiger partial charge in [-0.2, -0.15) is 0 Å². The average Bonchev–Trinajstić information content (AvgIpc) is 1.20. The van der Waals surface area contributed by atoms with Gasteiger partial charge < -0.3 is 204 Å². The van der Waals surface area contributed by atoms with Crippen molar-refractivity contribution in [2.24, 2.45) is 0 Å². The van der Waals surface area contributed by atoms with Gasteiger partial charge in [-0.15, -0.1) is 0 Å². The van der Waals surface area contributed by atoms with Crippen molar-refractivity contribution in [2.75, 3.05) is 52.9 Å². The smallest absolute Gasteiger partial charge is 0.187 e. The molecule has 41 heteroatoms. The van der Waals surface area contributed by atoms with Crippen LogP contribution < -0.4 is 0 Å². The average molecular weight is 1320 g/mol. The molecule has 7 fully saturated rings. The van der Waals surface area contributed by atoms with Gasteiger partial charge in [0.05, 0.1) is 52.9 Å². The van der Waals surface area contributed by atoms with Crippen LogP contribution in [-0.4, -0.2) is 431 Å². The van der Waals surface area contributed by atoms with Crippen molar-refractivity contribution >= 4 is 6.29 Å². The highest BCUT2D eigenvalue weighted by molar-refractivity contribution is 5.56. The third kappa shape index (κ3) is 16.8. The van der Waals surface area contributed by atoms with E-state index in [1.807, 2.05) is 0 Å². The van der Waals surface area contributed by atoms with Crippen molar-refractivity contribution in [1.29, 1.82) is 0 Å². The molecule has 26 N–H and O–H groups in total. The molecule has 0 aromatic carbocycles. The predicted octanol–water partition coefficient (Wildman–Crippen LogP) is -18.6. The molecule has 7 aliphatic rings. The van der Waals surface area contributed by atoms with Crippen LogP contribution in [0.3, 0.4) is 0 Å². The fraction of sp³-hybridized carbons (Fsp3) is 0.979. The Hall–Kier alpha value is -1.93. The van der Waals surface area contributed by atoms with Gasteiger partial charge in [-0.1, -0.05) is 0 Å². The zero-order valence-corrected chi connectivity index (χ0v) is 46.5. The van der Waals surface area contributed by atoms with E-state index in [0.717, 1.165) is 0 Å². The lowest BCUT2D eigenvalue weighted by atomic mass is 9.97. The molecule has 0 bridgehead atoms. The van der Waals surface area contributed by atoms with E-state index < -0.39 is 292 Å². The van der Waals surface area contributed by atoms with E-state index in [4.69, 9.17) is 66.3 Å². The summed E-state index contributed by atoms with van der Waals surface area (Å²) in [5.74, 6) is 0. The van der Waals surface area contributed by atoms with Crippen LogP contribution in [0.2, 0.25) is 0 Å². The van der Waals surface area contributed by atoms with Crippen LogP contribution in [0.15, 0.2) is 0 Å². The molecule has 0 amide bonds. The number of aliphatic hydroxyl groups excluding tert-OH is 26. The quantitative estimate of drug-likeness (QED) is 0.0358. The van der Waals surface area contributed by atoms with Crippen molar-refractivity contribution in [2.45, 2.75) is 239 Å². The van der Waals surface area contributed by atoms with Crippen molar-refractivity contribution in [3.63, 3.8) is 0 Å². The number of rotatable bonds is 26. The van der Waals surface area contributed by atoms with Crippen molar-refractivity contribution in [3.8, 4) is 0 Å². The molecule has 41 nitrogen and oxygen atoms in total. The molecule has 0 aromatic rings. The Labute approximate surface area is 501 Å². The normalized spacial score (nSPS) is 49.8. The van der Waals surface area contributed by atoms with E-state index in [2.05, 4.69) is 0 Å². The van der Waals surface area contributed by atoms with E-state index in [1.54, 1.807) is 0 Å². The van der Waals surface area contributed by atoms with Crippen LogP contribution >= 0.6 is 0 Å². The maximum atomic E-state index is 11.1. The first kappa shape index (κ1) is 74.5. The van der Waals surface area contributed by atoms with Crippen molar-refractivity contribution in [3.05, 3.63) is 0 Å². The molecule has 89 heavy (non-hydrogen) atoms. The molecule has 39 atom stereocenters. The highest BCUT2D eigenvalue weighted by atomic mass is 16.8. The maximum Gasteiger partial charge on any atom is 0.187 e. The largest absolute Gasteiger partial charge is 0.394 e. The Balaban J connectivity index is 0.905.